The van der Waals surface area contributed by atoms with Crippen LogP contribution in [-0.2, 0) is 0 Å². The average Bonchev–Trinajstić information content (AvgIpc) is 2.53. The van der Waals surface area contributed by atoms with E-state index in [9.17, 15) is 0 Å². The quantitative estimate of drug-likeness (QED) is 0.571. The summed E-state index contributed by atoms with van der Waals surface area (Å²) >= 11 is 0. The monoisotopic (exact) mass is 168 g/mol. The van der Waals surface area contributed by atoms with Crippen molar-refractivity contribution < 1.29 is 0 Å². The zero-order valence-electron chi connectivity index (χ0n) is 8.81. The second-order valence-corrected chi connectivity index (χ2v) is 4.62. The topological polar surface area (TPSA) is 0 Å². The first-order valence-corrected chi connectivity index (χ1v) is 5.83. The molecule has 0 aromatic carbocycles. The average molecular weight is 168 g/mol. The van der Waals surface area contributed by atoms with Gasteiger partial charge in [0.25, 0.3) is 0 Å². The van der Waals surface area contributed by atoms with Crippen LogP contribution < -0.4 is 0 Å². The molecule has 0 spiro atoms. The zero-order valence-corrected chi connectivity index (χ0v) is 8.81. The molecule has 0 N–H and O–H groups in total. The van der Waals surface area contributed by atoms with E-state index in [0.29, 0.717) is 0 Å². The molecule has 0 aromatic heterocycles. The van der Waals surface area contributed by atoms with Crippen molar-refractivity contribution in [2.24, 2.45) is 11.8 Å². The highest BCUT2D eigenvalue weighted by Crippen LogP contribution is 2.30. The van der Waals surface area contributed by atoms with Gasteiger partial charge in [-0.05, 0) is 11.8 Å². The lowest BCUT2D eigenvalue weighted by Crippen LogP contribution is -1.99. The van der Waals surface area contributed by atoms with Gasteiger partial charge in [0.1, 0.15) is 0 Å². The summed E-state index contributed by atoms with van der Waals surface area (Å²) in [6.07, 6.45) is 11.9. The largest absolute Gasteiger partial charge is 0.0654 e. The summed E-state index contributed by atoms with van der Waals surface area (Å²) < 4.78 is 0. The molecule has 0 radical (unpaired) electrons. The molecule has 72 valence electrons. The summed E-state index contributed by atoms with van der Waals surface area (Å²) in [4.78, 5) is 0. The molecule has 1 rings (SSSR count). The normalized spacial score (nSPS) is 21.5. The fourth-order valence-corrected chi connectivity index (χ4v) is 2.46. The Labute approximate surface area is 77.7 Å². The highest BCUT2D eigenvalue weighted by atomic mass is 14.2. The van der Waals surface area contributed by atoms with Gasteiger partial charge >= 0.3 is 0 Å². The molecular formula is C12H24. The predicted molar refractivity (Wildman–Crippen MR) is 55.3 cm³/mol. The fraction of sp³-hybridized carbons (Fsp3) is 1.00. The summed E-state index contributed by atoms with van der Waals surface area (Å²) in [7, 11) is 0. The molecule has 0 unspecified atom stereocenters. The van der Waals surface area contributed by atoms with Crippen molar-refractivity contribution in [3.05, 3.63) is 0 Å². The van der Waals surface area contributed by atoms with Crippen LogP contribution in [0.5, 0.6) is 0 Å². The molecule has 0 heterocycles. The van der Waals surface area contributed by atoms with Crippen LogP contribution in [0.1, 0.15) is 65.2 Å². The molecule has 1 aliphatic rings. The standard InChI is InChI=1S/C12H24/c1-3-6-11(2)9-10-12-7-4-5-8-12/h11-12H,3-10H2,1-2H3/t11-/m0/s1. The summed E-state index contributed by atoms with van der Waals surface area (Å²) in [6, 6.07) is 0. The molecule has 0 heteroatoms. The maximum Gasteiger partial charge on any atom is -0.0414 e. The van der Waals surface area contributed by atoms with Crippen molar-refractivity contribution >= 4 is 0 Å². The van der Waals surface area contributed by atoms with Crippen LogP contribution in [0.25, 0.3) is 0 Å². The lowest BCUT2D eigenvalue weighted by molar-refractivity contribution is 0.398. The zero-order chi connectivity index (χ0) is 8.81. The second-order valence-electron chi connectivity index (χ2n) is 4.62. The minimum Gasteiger partial charge on any atom is -0.0654 e. The van der Waals surface area contributed by atoms with Gasteiger partial charge in [0.05, 0.1) is 0 Å². The lowest BCUT2D eigenvalue weighted by Gasteiger charge is -2.13. The maximum absolute atomic E-state index is 2.42. The van der Waals surface area contributed by atoms with Gasteiger partial charge in [0.2, 0.25) is 0 Å². The van der Waals surface area contributed by atoms with E-state index in [2.05, 4.69) is 13.8 Å². The van der Waals surface area contributed by atoms with Crippen LogP contribution in [0, 0.1) is 11.8 Å². The van der Waals surface area contributed by atoms with E-state index in [1.165, 1.54) is 51.4 Å². The summed E-state index contributed by atoms with van der Waals surface area (Å²) in [5.41, 5.74) is 0. The third-order valence-electron chi connectivity index (χ3n) is 3.32. The van der Waals surface area contributed by atoms with E-state index in [1.54, 1.807) is 0 Å². The van der Waals surface area contributed by atoms with Crippen molar-refractivity contribution in [2.75, 3.05) is 0 Å². The molecule has 1 saturated carbocycles. The first-order valence-electron chi connectivity index (χ1n) is 5.83. The van der Waals surface area contributed by atoms with Crippen LogP contribution in [0.2, 0.25) is 0 Å². The van der Waals surface area contributed by atoms with E-state index in [-0.39, 0.29) is 0 Å². The van der Waals surface area contributed by atoms with E-state index < -0.39 is 0 Å². The van der Waals surface area contributed by atoms with Crippen molar-refractivity contribution in [2.45, 2.75) is 65.2 Å². The Hall–Kier alpha value is 0. The summed E-state index contributed by atoms with van der Waals surface area (Å²) in [5, 5.41) is 0. The summed E-state index contributed by atoms with van der Waals surface area (Å²) in [6.45, 7) is 4.71. The minimum atomic E-state index is 0.982. The van der Waals surface area contributed by atoms with Crippen molar-refractivity contribution in [3.8, 4) is 0 Å². The molecule has 0 nitrogen and oxygen atoms in total. The Morgan fingerprint density at radius 3 is 2.42 bits per heavy atom. The molecule has 0 amide bonds. The van der Waals surface area contributed by atoms with Gasteiger partial charge in [-0.25, -0.2) is 0 Å². The van der Waals surface area contributed by atoms with Crippen LogP contribution in [-0.4, -0.2) is 0 Å². The van der Waals surface area contributed by atoms with Gasteiger partial charge in [-0.3, -0.25) is 0 Å². The number of hydrogen-bond acceptors (Lipinski definition) is 0. The third-order valence-corrected chi connectivity index (χ3v) is 3.32. The molecule has 0 bridgehead atoms. The van der Waals surface area contributed by atoms with Gasteiger partial charge < -0.3 is 0 Å². The molecule has 1 aliphatic carbocycles. The molecule has 12 heavy (non-hydrogen) atoms. The first-order chi connectivity index (χ1) is 5.83. The van der Waals surface area contributed by atoms with Gasteiger partial charge in [-0.2, -0.15) is 0 Å². The highest BCUT2D eigenvalue weighted by Gasteiger charge is 2.15. The highest BCUT2D eigenvalue weighted by molar-refractivity contribution is 4.68. The van der Waals surface area contributed by atoms with Gasteiger partial charge in [-0.15, -0.1) is 0 Å². The number of rotatable bonds is 5. The molecular weight excluding hydrogens is 144 g/mol. The van der Waals surface area contributed by atoms with Crippen LogP contribution >= 0.6 is 0 Å². The van der Waals surface area contributed by atoms with Crippen molar-refractivity contribution in [1.82, 2.24) is 0 Å². The fourth-order valence-electron chi connectivity index (χ4n) is 2.46. The number of hydrogen-bond donors (Lipinski definition) is 0. The molecule has 0 aliphatic heterocycles. The molecule has 1 atom stereocenters. The Morgan fingerprint density at radius 1 is 1.17 bits per heavy atom. The lowest BCUT2D eigenvalue weighted by atomic mass is 9.93. The molecule has 1 fully saturated rings. The van der Waals surface area contributed by atoms with E-state index in [1.807, 2.05) is 0 Å². The first kappa shape index (κ1) is 10.1. The Balaban J connectivity index is 1.99. The van der Waals surface area contributed by atoms with E-state index >= 15 is 0 Å². The second kappa shape index (κ2) is 5.61. The minimum absolute atomic E-state index is 0.982. The Morgan fingerprint density at radius 2 is 1.83 bits per heavy atom. The van der Waals surface area contributed by atoms with Gasteiger partial charge in [0, 0.05) is 0 Å². The van der Waals surface area contributed by atoms with E-state index in [4.69, 9.17) is 0 Å². The van der Waals surface area contributed by atoms with Gasteiger partial charge in [-0.1, -0.05) is 65.2 Å². The van der Waals surface area contributed by atoms with Crippen LogP contribution in [0.15, 0.2) is 0 Å². The van der Waals surface area contributed by atoms with Crippen molar-refractivity contribution in [3.63, 3.8) is 0 Å². The Bertz CT molecular complexity index is 101. The predicted octanol–water partition coefficient (Wildman–Crippen LogP) is 4.39. The summed E-state index contributed by atoms with van der Waals surface area (Å²) in [5.74, 6) is 2.08. The van der Waals surface area contributed by atoms with Gasteiger partial charge in [0.15, 0.2) is 0 Å². The maximum atomic E-state index is 2.42. The van der Waals surface area contributed by atoms with Crippen LogP contribution in [0.4, 0.5) is 0 Å². The molecule has 0 aromatic rings. The SMILES string of the molecule is CCC[C@H](C)CCC1CCCC1. The van der Waals surface area contributed by atoms with E-state index in [0.717, 1.165) is 11.8 Å². The Kier molecular flexibility index (Phi) is 4.72. The third kappa shape index (κ3) is 3.60. The van der Waals surface area contributed by atoms with Crippen molar-refractivity contribution in [1.29, 1.82) is 0 Å². The van der Waals surface area contributed by atoms with Crippen LogP contribution in [0.3, 0.4) is 0 Å². The smallest absolute Gasteiger partial charge is 0.0414 e. The molecule has 0 saturated heterocycles.